The molecule has 1 N–H and O–H groups in total. The third-order valence-corrected chi connectivity index (χ3v) is 3.05. The van der Waals surface area contributed by atoms with E-state index >= 15 is 0 Å². The van der Waals surface area contributed by atoms with Crippen molar-refractivity contribution in [2.24, 2.45) is 0 Å². The Balaban J connectivity index is 2.73. The Hall–Kier alpha value is -1.07. The number of nitrogens with one attached hydrogen (secondary N) is 1. The number of rotatable bonds is 8. The average Bonchev–Trinajstić information content (AvgIpc) is 2.40. The lowest BCUT2D eigenvalue weighted by molar-refractivity contribution is -0.140. The lowest BCUT2D eigenvalue weighted by Crippen LogP contribution is -2.27. The molecule has 0 saturated heterocycles. The molecule has 0 aliphatic carbocycles. The van der Waals surface area contributed by atoms with Gasteiger partial charge in [-0.1, -0.05) is 31.2 Å². The number of alkyl halides is 3. The second-order valence-electron chi connectivity index (χ2n) is 4.81. The molecule has 1 unspecified atom stereocenters. The van der Waals surface area contributed by atoms with Gasteiger partial charge in [0.25, 0.3) is 0 Å². The van der Waals surface area contributed by atoms with E-state index in [9.17, 15) is 13.2 Å². The van der Waals surface area contributed by atoms with Crippen LogP contribution in [0.3, 0.4) is 0 Å². The van der Waals surface area contributed by atoms with Gasteiger partial charge in [-0.3, -0.25) is 0 Å². The quantitative estimate of drug-likeness (QED) is 0.784. The fraction of sp³-hybridized carbons (Fsp3) is 0.600. The van der Waals surface area contributed by atoms with Crippen LogP contribution in [-0.2, 0) is 11.2 Å². The predicted molar refractivity (Wildman–Crippen MR) is 73.7 cm³/mol. The maximum atomic E-state index is 12.6. The summed E-state index contributed by atoms with van der Waals surface area (Å²) in [5, 5.41) is 2.96. The average molecular weight is 289 g/mol. The van der Waals surface area contributed by atoms with Crippen molar-refractivity contribution in [1.82, 2.24) is 5.32 Å². The van der Waals surface area contributed by atoms with Crippen molar-refractivity contribution in [3.05, 3.63) is 35.4 Å². The highest BCUT2D eigenvalue weighted by molar-refractivity contribution is 5.25. The van der Waals surface area contributed by atoms with Crippen LogP contribution in [0.15, 0.2) is 24.3 Å². The van der Waals surface area contributed by atoms with Crippen molar-refractivity contribution >= 4 is 0 Å². The monoisotopic (exact) mass is 289 g/mol. The van der Waals surface area contributed by atoms with E-state index in [2.05, 4.69) is 5.32 Å². The van der Waals surface area contributed by atoms with E-state index < -0.39 is 18.6 Å². The molecule has 0 spiro atoms. The lowest BCUT2D eigenvalue weighted by atomic mass is 10.0. The fourth-order valence-corrected chi connectivity index (χ4v) is 1.99. The second kappa shape index (κ2) is 8.27. The van der Waals surface area contributed by atoms with Crippen molar-refractivity contribution in [2.45, 2.75) is 38.4 Å². The maximum absolute atomic E-state index is 12.6. The van der Waals surface area contributed by atoms with Crippen LogP contribution < -0.4 is 5.32 Å². The molecule has 0 fully saturated rings. The van der Waals surface area contributed by atoms with Gasteiger partial charge in [-0.15, -0.1) is 0 Å². The molecule has 0 aliphatic heterocycles. The summed E-state index contributed by atoms with van der Waals surface area (Å²) in [6, 6.07) is 6.59. The van der Waals surface area contributed by atoms with Crippen LogP contribution in [0.4, 0.5) is 13.2 Å². The van der Waals surface area contributed by atoms with Gasteiger partial charge in [-0.05, 0) is 30.5 Å². The molecular weight excluding hydrogens is 267 g/mol. The van der Waals surface area contributed by atoms with Gasteiger partial charge < -0.3 is 10.1 Å². The summed E-state index contributed by atoms with van der Waals surface area (Å²) >= 11 is 0. The molecule has 0 aliphatic rings. The molecular formula is C15H22F3NO. The van der Waals surface area contributed by atoms with E-state index in [1.165, 1.54) is 0 Å². The van der Waals surface area contributed by atoms with Crippen LogP contribution >= 0.6 is 0 Å². The zero-order chi connectivity index (χ0) is 15.0. The normalized spacial score (nSPS) is 13.4. The summed E-state index contributed by atoms with van der Waals surface area (Å²) in [6.07, 6.45) is -3.44. The molecule has 0 radical (unpaired) electrons. The highest BCUT2D eigenvalue weighted by atomic mass is 19.4. The molecule has 0 bridgehead atoms. The van der Waals surface area contributed by atoms with E-state index in [1.54, 1.807) is 19.2 Å². The summed E-state index contributed by atoms with van der Waals surface area (Å²) in [5.41, 5.74) is 1.74. The Morgan fingerprint density at radius 3 is 2.35 bits per heavy atom. The Labute approximate surface area is 118 Å². The molecule has 5 heteroatoms. The van der Waals surface area contributed by atoms with Crippen LogP contribution in [0.1, 0.15) is 36.9 Å². The third kappa shape index (κ3) is 6.39. The minimum absolute atomic E-state index is 0.576. The lowest BCUT2D eigenvalue weighted by Gasteiger charge is -2.20. The van der Waals surface area contributed by atoms with Gasteiger partial charge >= 0.3 is 6.18 Å². The summed E-state index contributed by atoms with van der Waals surface area (Å²) in [4.78, 5) is 0. The molecule has 1 aromatic rings. The number of hydrogen-bond donors (Lipinski definition) is 1. The van der Waals surface area contributed by atoms with Crippen LogP contribution in [-0.4, -0.2) is 26.4 Å². The summed E-state index contributed by atoms with van der Waals surface area (Å²) in [7, 11) is 1.63. The number of benzene rings is 1. The molecule has 2 nitrogen and oxygen atoms in total. The van der Waals surface area contributed by atoms with Crippen molar-refractivity contribution in [2.75, 3.05) is 20.3 Å². The molecule has 0 amide bonds. The zero-order valence-electron chi connectivity index (χ0n) is 12.0. The largest absolute Gasteiger partial charge is 0.390 e. The van der Waals surface area contributed by atoms with Gasteiger partial charge in [0.05, 0.1) is 13.0 Å². The number of halogens is 3. The van der Waals surface area contributed by atoms with Gasteiger partial charge in [-0.2, -0.15) is 13.2 Å². The number of methoxy groups -OCH3 is 1. The molecule has 1 rings (SSSR count). The van der Waals surface area contributed by atoms with Crippen LogP contribution in [0.2, 0.25) is 0 Å². The summed E-state index contributed by atoms with van der Waals surface area (Å²) in [5.74, 6) is 0. The van der Waals surface area contributed by atoms with Gasteiger partial charge in [0.15, 0.2) is 0 Å². The standard InChI is InChI=1S/C15H22F3NO/c1-3-9-19-14(11-15(16,17)18)13-6-4-12(5-7-13)8-10-20-2/h4-7,14,19H,3,8-11H2,1-2H3. The fourth-order valence-electron chi connectivity index (χ4n) is 1.99. The highest BCUT2D eigenvalue weighted by Gasteiger charge is 2.32. The van der Waals surface area contributed by atoms with E-state index in [1.807, 2.05) is 19.1 Å². The summed E-state index contributed by atoms with van der Waals surface area (Å²) < 4.78 is 42.8. The Morgan fingerprint density at radius 1 is 1.20 bits per heavy atom. The summed E-state index contributed by atoms with van der Waals surface area (Å²) in [6.45, 7) is 3.12. The molecule has 0 aromatic heterocycles. The molecule has 114 valence electrons. The van der Waals surface area contributed by atoms with E-state index in [0.717, 1.165) is 18.4 Å². The topological polar surface area (TPSA) is 21.3 Å². The van der Waals surface area contributed by atoms with E-state index in [-0.39, 0.29) is 0 Å². The van der Waals surface area contributed by atoms with Crippen molar-refractivity contribution in [3.8, 4) is 0 Å². The molecule has 0 heterocycles. The molecule has 0 saturated carbocycles. The zero-order valence-corrected chi connectivity index (χ0v) is 12.0. The van der Waals surface area contributed by atoms with E-state index in [4.69, 9.17) is 4.74 Å². The minimum Gasteiger partial charge on any atom is -0.384 e. The van der Waals surface area contributed by atoms with Crippen LogP contribution in [0.25, 0.3) is 0 Å². The van der Waals surface area contributed by atoms with Crippen molar-refractivity contribution in [3.63, 3.8) is 0 Å². The molecule has 20 heavy (non-hydrogen) atoms. The second-order valence-corrected chi connectivity index (χ2v) is 4.81. The van der Waals surface area contributed by atoms with Gasteiger partial charge in [0.2, 0.25) is 0 Å². The first-order chi connectivity index (χ1) is 9.46. The van der Waals surface area contributed by atoms with E-state index in [0.29, 0.717) is 18.7 Å². The van der Waals surface area contributed by atoms with Crippen molar-refractivity contribution < 1.29 is 17.9 Å². The van der Waals surface area contributed by atoms with Gasteiger partial charge in [0.1, 0.15) is 0 Å². The first-order valence-electron chi connectivity index (χ1n) is 6.84. The number of hydrogen-bond acceptors (Lipinski definition) is 2. The predicted octanol–water partition coefficient (Wildman–Crippen LogP) is 3.87. The van der Waals surface area contributed by atoms with Crippen LogP contribution in [0.5, 0.6) is 0 Å². The number of ether oxygens (including phenoxy) is 1. The van der Waals surface area contributed by atoms with Crippen molar-refractivity contribution in [1.29, 1.82) is 0 Å². The van der Waals surface area contributed by atoms with Crippen LogP contribution in [0, 0.1) is 0 Å². The smallest absolute Gasteiger partial charge is 0.384 e. The minimum atomic E-state index is -4.17. The maximum Gasteiger partial charge on any atom is 0.390 e. The Kier molecular flexibility index (Phi) is 7.02. The molecule has 1 aromatic carbocycles. The first kappa shape index (κ1) is 17.0. The Bertz CT molecular complexity index is 376. The first-order valence-corrected chi connectivity index (χ1v) is 6.84. The highest BCUT2D eigenvalue weighted by Crippen LogP contribution is 2.29. The SMILES string of the molecule is CCCNC(CC(F)(F)F)c1ccc(CCOC)cc1. The van der Waals surface area contributed by atoms with Gasteiger partial charge in [0, 0.05) is 13.2 Å². The Morgan fingerprint density at radius 2 is 1.85 bits per heavy atom. The van der Waals surface area contributed by atoms with Gasteiger partial charge in [-0.25, -0.2) is 0 Å². The third-order valence-electron chi connectivity index (χ3n) is 3.05. The molecule has 1 atom stereocenters.